The van der Waals surface area contributed by atoms with Gasteiger partial charge >= 0.3 is 0 Å². The van der Waals surface area contributed by atoms with Gasteiger partial charge in [0.15, 0.2) is 0 Å². The Balaban J connectivity index is 2.21. The summed E-state index contributed by atoms with van der Waals surface area (Å²) in [6.07, 6.45) is 0.718. The number of primary amides is 1. The topological polar surface area (TPSA) is 67.6 Å². The van der Waals surface area contributed by atoms with Gasteiger partial charge in [-0.1, -0.05) is 6.07 Å². The Kier molecular flexibility index (Phi) is 3.43. The number of rotatable bonds is 4. The standard InChI is InChI=1S/C13H19N3O2/c1-16-7-6-13(9-16,12(14)17)15-10-4-3-5-11(8-10)18-2/h3-5,8,15H,6-7,9H2,1-2H3,(H2,14,17). The Hall–Kier alpha value is -1.75. The lowest BCUT2D eigenvalue weighted by Gasteiger charge is -2.28. The molecule has 1 aromatic rings. The van der Waals surface area contributed by atoms with Crippen LogP contribution in [0, 0.1) is 0 Å². The van der Waals surface area contributed by atoms with Crippen molar-refractivity contribution in [3.05, 3.63) is 24.3 Å². The summed E-state index contributed by atoms with van der Waals surface area (Å²) in [5, 5.41) is 3.26. The number of methoxy groups -OCH3 is 1. The molecule has 98 valence electrons. The quantitative estimate of drug-likeness (QED) is 0.823. The largest absolute Gasteiger partial charge is 0.497 e. The number of carbonyl (C=O) groups is 1. The smallest absolute Gasteiger partial charge is 0.244 e. The molecule has 18 heavy (non-hydrogen) atoms. The predicted molar refractivity (Wildman–Crippen MR) is 70.7 cm³/mol. The summed E-state index contributed by atoms with van der Waals surface area (Å²) < 4.78 is 5.17. The molecule has 1 aliphatic rings. The van der Waals surface area contributed by atoms with E-state index in [-0.39, 0.29) is 5.91 Å². The lowest BCUT2D eigenvalue weighted by Crippen LogP contribution is -2.52. The fraction of sp³-hybridized carbons (Fsp3) is 0.462. The molecule has 1 unspecified atom stereocenters. The second-order valence-electron chi connectivity index (χ2n) is 4.79. The number of nitrogens with two attached hydrogens (primary N) is 1. The van der Waals surface area contributed by atoms with Gasteiger partial charge in [-0.05, 0) is 25.6 Å². The summed E-state index contributed by atoms with van der Waals surface area (Å²) >= 11 is 0. The van der Waals surface area contributed by atoms with E-state index < -0.39 is 5.54 Å². The number of likely N-dealkylation sites (N-methyl/N-ethyl adjacent to an activating group) is 1. The lowest BCUT2D eigenvalue weighted by molar-refractivity contribution is -0.121. The van der Waals surface area contributed by atoms with Gasteiger partial charge in [-0.15, -0.1) is 0 Å². The van der Waals surface area contributed by atoms with Crippen molar-refractivity contribution in [2.24, 2.45) is 5.73 Å². The Morgan fingerprint density at radius 1 is 1.56 bits per heavy atom. The number of hydrogen-bond acceptors (Lipinski definition) is 4. The third-order valence-electron chi connectivity index (χ3n) is 3.39. The Morgan fingerprint density at radius 3 is 2.89 bits per heavy atom. The van der Waals surface area contributed by atoms with Crippen molar-refractivity contribution in [2.45, 2.75) is 12.0 Å². The normalized spacial score (nSPS) is 23.9. The number of nitrogens with zero attached hydrogens (tertiary/aromatic N) is 1. The van der Waals surface area contributed by atoms with E-state index in [1.54, 1.807) is 7.11 Å². The van der Waals surface area contributed by atoms with Crippen LogP contribution in [0.25, 0.3) is 0 Å². The molecule has 1 aromatic carbocycles. The monoisotopic (exact) mass is 249 g/mol. The Morgan fingerprint density at radius 2 is 2.33 bits per heavy atom. The van der Waals surface area contributed by atoms with E-state index in [9.17, 15) is 4.79 Å². The molecule has 3 N–H and O–H groups in total. The minimum atomic E-state index is -0.679. The summed E-state index contributed by atoms with van der Waals surface area (Å²) in [6, 6.07) is 7.52. The van der Waals surface area contributed by atoms with Crippen LogP contribution in [0.3, 0.4) is 0 Å². The van der Waals surface area contributed by atoms with Gasteiger partial charge in [0.25, 0.3) is 0 Å². The summed E-state index contributed by atoms with van der Waals surface area (Å²) in [5.41, 5.74) is 5.72. The molecule has 0 bridgehead atoms. The van der Waals surface area contributed by atoms with Gasteiger partial charge in [0.05, 0.1) is 7.11 Å². The van der Waals surface area contributed by atoms with Gasteiger partial charge in [-0.2, -0.15) is 0 Å². The first-order valence-corrected chi connectivity index (χ1v) is 5.96. The number of anilines is 1. The van der Waals surface area contributed by atoms with Crippen molar-refractivity contribution in [1.29, 1.82) is 0 Å². The van der Waals surface area contributed by atoms with Crippen LogP contribution >= 0.6 is 0 Å². The van der Waals surface area contributed by atoms with Crippen LogP contribution in [0.5, 0.6) is 5.75 Å². The Labute approximate surface area is 107 Å². The number of carbonyl (C=O) groups excluding carboxylic acids is 1. The fourth-order valence-electron chi connectivity index (χ4n) is 2.34. The van der Waals surface area contributed by atoms with Crippen molar-refractivity contribution < 1.29 is 9.53 Å². The summed E-state index contributed by atoms with van der Waals surface area (Å²) in [7, 11) is 3.60. The molecule has 5 nitrogen and oxygen atoms in total. The molecular weight excluding hydrogens is 230 g/mol. The molecule has 1 amide bonds. The highest BCUT2D eigenvalue weighted by molar-refractivity contribution is 5.88. The molecule has 0 radical (unpaired) electrons. The van der Waals surface area contributed by atoms with E-state index >= 15 is 0 Å². The van der Waals surface area contributed by atoms with Crippen LogP contribution in [0.2, 0.25) is 0 Å². The van der Waals surface area contributed by atoms with E-state index in [1.807, 2.05) is 31.3 Å². The maximum Gasteiger partial charge on any atom is 0.244 e. The molecule has 1 atom stereocenters. The van der Waals surface area contributed by atoms with Crippen molar-refractivity contribution in [3.8, 4) is 5.75 Å². The summed E-state index contributed by atoms with van der Waals surface area (Å²) in [6.45, 7) is 1.49. The number of amides is 1. The minimum absolute atomic E-state index is 0.310. The molecule has 0 aromatic heterocycles. The zero-order chi connectivity index (χ0) is 13.2. The van der Waals surface area contributed by atoms with E-state index in [0.29, 0.717) is 6.54 Å². The molecule has 0 aliphatic carbocycles. The number of likely N-dealkylation sites (tertiary alicyclic amines) is 1. The highest BCUT2D eigenvalue weighted by atomic mass is 16.5. The minimum Gasteiger partial charge on any atom is -0.497 e. The van der Waals surface area contributed by atoms with Crippen molar-refractivity contribution in [1.82, 2.24) is 4.90 Å². The van der Waals surface area contributed by atoms with E-state index in [1.165, 1.54) is 0 Å². The van der Waals surface area contributed by atoms with Gasteiger partial charge in [0, 0.05) is 24.8 Å². The number of nitrogens with one attached hydrogen (secondary N) is 1. The van der Waals surface area contributed by atoms with Crippen molar-refractivity contribution >= 4 is 11.6 Å². The fourth-order valence-corrected chi connectivity index (χ4v) is 2.34. The van der Waals surface area contributed by atoms with Crippen molar-refractivity contribution in [3.63, 3.8) is 0 Å². The van der Waals surface area contributed by atoms with E-state index in [2.05, 4.69) is 10.2 Å². The summed E-state index contributed by atoms with van der Waals surface area (Å²) in [4.78, 5) is 13.8. The van der Waals surface area contributed by atoms with Crippen LogP contribution in [0.4, 0.5) is 5.69 Å². The number of ether oxygens (including phenoxy) is 1. The van der Waals surface area contributed by atoms with Crippen LogP contribution in [-0.2, 0) is 4.79 Å². The van der Waals surface area contributed by atoms with Gasteiger partial charge in [-0.3, -0.25) is 4.79 Å². The molecule has 1 saturated heterocycles. The van der Waals surface area contributed by atoms with Gasteiger partial charge in [-0.25, -0.2) is 0 Å². The second-order valence-corrected chi connectivity index (χ2v) is 4.79. The van der Waals surface area contributed by atoms with Gasteiger partial charge in [0.2, 0.25) is 5.91 Å². The highest BCUT2D eigenvalue weighted by Gasteiger charge is 2.42. The first kappa shape index (κ1) is 12.7. The third-order valence-corrected chi connectivity index (χ3v) is 3.39. The molecule has 1 aliphatic heterocycles. The maximum absolute atomic E-state index is 11.7. The van der Waals surface area contributed by atoms with Gasteiger partial charge in [0.1, 0.15) is 11.3 Å². The Bertz CT molecular complexity index is 450. The predicted octanol–water partition coefficient (Wildman–Crippen LogP) is 0.667. The van der Waals surface area contributed by atoms with Crippen LogP contribution in [-0.4, -0.2) is 43.6 Å². The van der Waals surface area contributed by atoms with E-state index in [4.69, 9.17) is 10.5 Å². The van der Waals surface area contributed by atoms with Crippen LogP contribution in [0.1, 0.15) is 6.42 Å². The zero-order valence-electron chi connectivity index (χ0n) is 10.8. The molecule has 5 heteroatoms. The average Bonchev–Trinajstić information content (AvgIpc) is 2.72. The molecule has 1 heterocycles. The van der Waals surface area contributed by atoms with Crippen LogP contribution in [0.15, 0.2) is 24.3 Å². The molecular formula is C13H19N3O2. The highest BCUT2D eigenvalue weighted by Crippen LogP contribution is 2.27. The zero-order valence-corrected chi connectivity index (χ0v) is 10.8. The second kappa shape index (κ2) is 4.86. The maximum atomic E-state index is 11.7. The lowest BCUT2D eigenvalue weighted by atomic mass is 9.97. The van der Waals surface area contributed by atoms with Crippen molar-refractivity contribution in [2.75, 3.05) is 32.6 Å². The van der Waals surface area contributed by atoms with Crippen LogP contribution < -0.4 is 15.8 Å². The first-order valence-electron chi connectivity index (χ1n) is 5.96. The molecule has 0 saturated carbocycles. The average molecular weight is 249 g/mol. The molecule has 2 rings (SSSR count). The molecule has 0 spiro atoms. The van der Waals surface area contributed by atoms with E-state index in [0.717, 1.165) is 24.4 Å². The molecule has 1 fully saturated rings. The SMILES string of the molecule is COc1cccc(NC2(C(N)=O)CCN(C)C2)c1. The first-order chi connectivity index (χ1) is 8.55. The van der Waals surface area contributed by atoms with Gasteiger partial charge < -0.3 is 20.7 Å². The summed E-state index contributed by atoms with van der Waals surface area (Å²) in [5.74, 6) is 0.445. The third kappa shape index (κ3) is 2.41. The number of benzene rings is 1. The number of hydrogen-bond donors (Lipinski definition) is 2.